The lowest BCUT2D eigenvalue weighted by atomic mass is 10.2. The van der Waals surface area contributed by atoms with Crippen LogP contribution in [0.25, 0.3) is 0 Å². The Bertz CT molecular complexity index is 483. The highest BCUT2D eigenvalue weighted by atomic mass is 32.2. The van der Waals surface area contributed by atoms with Crippen molar-refractivity contribution in [2.24, 2.45) is 4.99 Å². The molecule has 2 N–H and O–H groups in total. The molecule has 0 saturated heterocycles. The first-order valence-electron chi connectivity index (χ1n) is 5.00. The molecule has 2 rings (SSSR count). The Morgan fingerprint density at radius 2 is 2.12 bits per heavy atom. The molecular weight excluding hydrogens is 256 g/mol. The molecule has 0 spiro atoms. The fraction of sp³-hybridized carbons (Fsp3) is 0.182. The Balaban J connectivity index is 2.08. The van der Waals surface area contributed by atoms with Crippen molar-refractivity contribution in [2.45, 2.75) is 6.42 Å². The molecule has 0 atom stereocenters. The number of aromatic carboxylic acids is 1. The number of thioether (sulfide) groups is 1. The first-order chi connectivity index (χ1) is 8.15. The maximum atomic E-state index is 10.7. The van der Waals surface area contributed by atoms with Crippen LogP contribution in [0.3, 0.4) is 0 Å². The van der Waals surface area contributed by atoms with Crippen molar-refractivity contribution in [3.63, 3.8) is 0 Å². The average molecular weight is 266 g/mol. The SMILES string of the molecule is O=C(O)c1ccc(NC2=NC(=S)SCC2)cc1. The maximum absolute atomic E-state index is 10.7. The van der Waals surface area contributed by atoms with E-state index in [1.54, 1.807) is 36.0 Å². The van der Waals surface area contributed by atoms with Crippen molar-refractivity contribution >= 4 is 45.8 Å². The molecule has 1 aliphatic rings. The van der Waals surface area contributed by atoms with E-state index in [4.69, 9.17) is 17.3 Å². The van der Waals surface area contributed by atoms with Crippen LogP contribution >= 0.6 is 24.0 Å². The van der Waals surface area contributed by atoms with Crippen LogP contribution in [-0.4, -0.2) is 27.0 Å². The van der Waals surface area contributed by atoms with Gasteiger partial charge in [0, 0.05) is 17.9 Å². The predicted octanol–water partition coefficient (Wildman–Crippen LogP) is 2.62. The van der Waals surface area contributed by atoms with Gasteiger partial charge in [-0.05, 0) is 24.3 Å². The third-order valence-corrected chi connectivity index (χ3v) is 3.40. The molecule has 0 unspecified atom stereocenters. The van der Waals surface area contributed by atoms with Crippen molar-refractivity contribution in [2.75, 3.05) is 11.1 Å². The first-order valence-corrected chi connectivity index (χ1v) is 6.39. The van der Waals surface area contributed by atoms with Gasteiger partial charge in [-0.3, -0.25) is 0 Å². The summed E-state index contributed by atoms with van der Waals surface area (Å²) in [5, 5.41) is 11.9. The van der Waals surface area contributed by atoms with Gasteiger partial charge in [0.05, 0.1) is 5.56 Å². The third kappa shape index (κ3) is 3.28. The quantitative estimate of drug-likeness (QED) is 0.806. The first kappa shape index (κ1) is 12.1. The number of aliphatic imine (C=N–C) groups is 1. The van der Waals surface area contributed by atoms with Crippen LogP contribution in [0.4, 0.5) is 5.69 Å². The van der Waals surface area contributed by atoms with Crippen molar-refractivity contribution in [3.05, 3.63) is 29.8 Å². The second kappa shape index (κ2) is 5.29. The number of nitrogens with one attached hydrogen (secondary N) is 1. The van der Waals surface area contributed by atoms with Crippen molar-refractivity contribution < 1.29 is 9.90 Å². The van der Waals surface area contributed by atoms with E-state index in [-0.39, 0.29) is 5.56 Å². The Hall–Kier alpha value is -1.40. The predicted molar refractivity (Wildman–Crippen MR) is 74.1 cm³/mol. The van der Waals surface area contributed by atoms with Crippen LogP contribution in [-0.2, 0) is 0 Å². The fourth-order valence-corrected chi connectivity index (χ4v) is 2.39. The number of hydrogen-bond donors (Lipinski definition) is 2. The maximum Gasteiger partial charge on any atom is 0.335 e. The average Bonchev–Trinajstić information content (AvgIpc) is 2.29. The van der Waals surface area contributed by atoms with E-state index in [2.05, 4.69) is 10.3 Å². The summed E-state index contributed by atoms with van der Waals surface area (Å²) in [6, 6.07) is 6.55. The summed E-state index contributed by atoms with van der Waals surface area (Å²) in [7, 11) is 0. The van der Waals surface area contributed by atoms with Crippen molar-refractivity contribution in [1.29, 1.82) is 0 Å². The highest BCUT2D eigenvalue weighted by Gasteiger charge is 2.09. The third-order valence-electron chi connectivity index (χ3n) is 2.21. The number of thiocarbonyl (C=S) groups is 1. The second-order valence-electron chi connectivity index (χ2n) is 3.43. The lowest BCUT2D eigenvalue weighted by Gasteiger charge is -2.13. The summed E-state index contributed by atoms with van der Waals surface area (Å²) in [4.78, 5) is 14.9. The van der Waals surface area contributed by atoms with Gasteiger partial charge in [-0.25, -0.2) is 9.79 Å². The number of hydrogen-bond acceptors (Lipinski definition) is 4. The van der Waals surface area contributed by atoms with Gasteiger partial charge >= 0.3 is 5.97 Å². The van der Waals surface area contributed by atoms with E-state index >= 15 is 0 Å². The molecule has 4 nitrogen and oxygen atoms in total. The van der Waals surface area contributed by atoms with E-state index in [9.17, 15) is 4.79 Å². The number of benzene rings is 1. The monoisotopic (exact) mass is 266 g/mol. The molecule has 1 aliphatic heterocycles. The Kier molecular flexibility index (Phi) is 3.75. The molecule has 0 bridgehead atoms. The number of amidine groups is 1. The number of rotatable bonds is 2. The minimum atomic E-state index is -0.927. The Morgan fingerprint density at radius 3 is 2.71 bits per heavy atom. The molecule has 17 heavy (non-hydrogen) atoms. The van der Waals surface area contributed by atoms with Gasteiger partial charge in [-0.2, -0.15) is 0 Å². The van der Waals surface area contributed by atoms with Gasteiger partial charge in [-0.1, -0.05) is 24.0 Å². The molecule has 0 aliphatic carbocycles. The number of nitrogens with zero attached hydrogens (tertiary/aromatic N) is 1. The van der Waals surface area contributed by atoms with E-state index in [1.165, 1.54) is 0 Å². The van der Waals surface area contributed by atoms with Crippen LogP contribution in [0, 0.1) is 0 Å². The van der Waals surface area contributed by atoms with Crippen LogP contribution in [0.5, 0.6) is 0 Å². The largest absolute Gasteiger partial charge is 0.478 e. The van der Waals surface area contributed by atoms with Gasteiger partial charge in [0.15, 0.2) is 4.32 Å². The minimum Gasteiger partial charge on any atom is -0.478 e. The fourth-order valence-electron chi connectivity index (χ4n) is 1.39. The molecule has 0 amide bonds. The van der Waals surface area contributed by atoms with Crippen molar-refractivity contribution in [3.8, 4) is 0 Å². The number of carboxylic acid groups (broad SMARTS) is 1. The van der Waals surface area contributed by atoms with E-state index < -0.39 is 5.97 Å². The van der Waals surface area contributed by atoms with Crippen LogP contribution in [0.1, 0.15) is 16.8 Å². The smallest absolute Gasteiger partial charge is 0.335 e. The highest BCUT2D eigenvalue weighted by Crippen LogP contribution is 2.17. The Morgan fingerprint density at radius 1 is 1.41 bits per heavy atom. The summed E-state index contributed by atoms with van der Waals surface area (Å²) in [6.07, 6.45) is 0.839. The molecule has 1 aromatic carbocycles. The van der Waals surface area contributed by atoms with Gasteiger partial charge in [-0.15, -0.1) is 0 Å². The lowest BCUT2D eigenvalue weighted by molar-refractivity contribution is 0.0697. The minimum absolute atomic E-state index is 0.271. The van der Waals surface area contributed by atoms with E-state index in [0.29, 0.717) is 4.32 Å². The summed E-state index contributed by atoms with van der Waals surface area (Å²) in [6.45, 7) is 0. The number of anilines is 1. The van der Waals surface area contributed by atoms with Gasteiger partial charge in [0.25, 0.3) is 0 Å². The van der Waals surface area contributed by atoms with Crippen LogP contribution < -0.4 is 5.32 Å². The molecule has 0 radical (unpaired) electrons. The van der Waals surface area contributed by atoms with Crippen molar-refractivity contribution in [1.82, 2.24) is 0 Å². The molecule has 0 saturated carbocycles. The number of carboxylic acids is 1. The normalized spacial score (nSPS) is 15.3. The molecular formula is C11H10N2O2S2. The Labute approximate surface area is 108 Å². The van der Waals surface area contributed by atoms with Gasteiger partial charge < -0.3 is 10.4 Å². The molecule has 1 heterocycles. The summed E-state index contributed by atoms with van der Waals surface area (Å²) in [5.74, 6) is 0.832. The topological polar surface area (TPSA) is 61.7 Å². The molecule has 1 aromatic rings. The standard InChI is InChI=1S/C11H10N2O2S2/c14-10(15)7-1-3-8(4-2-7)12-9-5-6-17-11(16)13-9/h1-4H,5-6H2,(H,14,15)(H,12,13,16). The van der Waals surface area contributed by atoms with E-state index in [0.717, 1.165) is 23.7 Å². The molecule has 0 fully saturated rings. The van der Waals surface area contributed by atoms with Gasteiger partial charge in [0.1, 0.15) is 5.84 Å². The van der Waals surface area contributed by atoms with Gasteiger partial charge in [0.2, 0.25) is 0 Å². The second-order valence-corrected chi connectivity index (χ2v) is 5.16. The highest BCUT2D eigenvalue weighted by molar-refractivity contribution is 8.23. The van der Waals surface area contributed by atoms with Crippen LogP contribution in [0.2, 0.25) is 0 Å². The summed E-state index contributed by atoms with van der Waals surface area (Å²) in [5.41, 5.74) is 1.09. The summed E-state index contributed by atoms with van der Waals surface area (Å²) >= 11 is 6.58. The number of carbonyl (C=O) groups is 1. The molecule has 88 valence electrons. The summed E-state index contributed by atoms with van der Waals surface area (Å²) < 4.78 is 0.640. The lowest BCUT2D eigenvalue weighted by Crippen LogP contribution is -2.17. The molecule has 6 heteroatoms. The zero-order valence-corrected chi connectivity index (χ0v) is 10.5. The van der Waals surface area contributed by atoms with E-state index in [1.807, 2.05) is 0 Å². The zero-order chi connectivity index (χ0) is 12.3. The zero-order valence-electron chi connectivity index (χ0n) is 8.84. The van der Waals surface area contributed by atoms with Crippen LogP contribution in [0.15, 0.2) is 29.3 Å². The molecule has 0 aromatic heterocycles.